The Kier molecular flexibility index (Phi) is 4.91. The predicted octanol–water partition coefficient (Wildman–Crippen LogP) is 2.53. The maximum Gasteiger partial charge on any atom is 0.179 e. The van der Waals surface area contributed by atoms with Crippen LogP contribution in [0.5, 0.6) is 11.5 Å². The van der Waals surface area contributed by atoms with Crippen LogP contribution in [0.3, 0.4) is 0 Å². The highest BCUT2D eigenvalue weighted by Crippen LogP contribution is 2.39. The zero-order valence-corrected chi connectivity index (χ0v) is 12.0. The van der Waals surface area contributed by atoms with E-state index in [1.54, 1.807) is 0 Å². The van der Waals surface area contributed by atoms with Crippen LogP contribution < -0.4 is 14.8 Å². The van der Waals surface area contributed by atoms with Crippen molar-refractivity contribution in [3.8, 4) is 11.5 Å². The maximum atomic E-state index is 9.50. The Balaban J connectivity index is 2.31. The number of benzene rings is 1. The summed E-state index contributed by atoms with van der Waals surface area (Å²) in [4.78, 5) is 0. The Morgan fingerprint density at radius 3 is 2.74 bits per heavy atom. The van der Waals surface area contributed by atoms with Gasteiger partial charge < -0.3 is 19.9 Å². The van der Waals surface area contributed by atoms with Gasteiger partial charge >= 0.3 is 0 Å². The third kappa shape index (κ3) is 3.53. The Bertz CT molecular complexity index is 437. The van der Waals surface area contributed by atoms with Gasteiger partial charge in [-0.3, -0.25) is 0 Å². The second-order valence-electron chi connectivity index (χ2n) is 4.94. The molecule has 19 heavy (non-hydrogen) atoms. The standard InChI is InChI=1S/C14H20ClNO3/c1-9(2)16-12(8-17)10-6-11(15)14-13(7-10)18-4-3-5-19-14/h6-7,9,12,16-17H,3-5,8H2,1-2H3. The molecule has 0 fully saturated rings. The van der Waals surface area contributed by atoms with Gasteiger partial charge in [-0.1, -0.05) is 25.4 Å². The summed E-state index contributed by atoms with van der Waals surface area (Å²) in [6.45, 7) is 5.31. The van der Waals surface area contributed by atoms with Crippen molar-refractivity contribution in [1.29, 1.82) is 0 Å². The van der Waals surface area contributed by atoms with Gasteiger partial charge in [-0.25, -0.2) is 0 Å². The van der Waals surface area contributed by atoms with E-state index >= 15 is 0 Å². The summed E-state index contributed by atoms with van der Waals surface area (Å²) in [5.41, 5.74) is 0.908. The van der Waals surface area contributed by atoms with Gasteiger partial charge in [0.15, 0.2) is 11.5 Å². The third-order valence-electron chi connectivity index (χ3n) is 2.94. The number of rotatable bonds is 4. The van der Waals surface area contributed by atoms with E-state index in [0.717, 1.165) is 12.0 Å². The Labute approximate surface area is 118 Å². The van der Waals surface area contributed by atoms with E-state index in [9.17, 15) is 5.11 Å². The van der Waals surface area contributed by atoms with Crippen molar-refractivity contribution in [2.24, 2.45) is 0 Å². The third-order valence-corrected chi connectivity index (χ3v) is 3.22. The van der Waals surface area contributed by atoms with Crippen LogP contribution in [-0.2, 0) is 0 Å². The highest BCUT2D eigenvalue weighted by Gasteiger charge is 2.19. The van der Waals surface area contributed by atoms with E-state index in [2.05, 4.69) is 5.32 Å². The lowest BCUT2D eigenvalue weighted by Crippen LogP contribution is -2.30. The molecule has 0 saturated heterocycles. The van der Waals surface area contributed by atoms with Crippen LogP contribution in [0.25, 0.3) is 0 Å². The second-order valence-corrected chi connectivity index (χ2v) is 5.34. The monoisotopic (exact) mass is 285 g/mol. The van der Waals surface area contributed by atoms with Gasteiger partial charge in [0, 0.05) is 12.5 Å². The average molecular weight is 286 g/mol. The molecule has 0 amide bonds. The van der Waals surface area contributed by atoms with Gasteiger partial charge in [-0.2, -0.15) is 0 Å². The van der Waals surface area contributed by atoms with Crippen molar-refractivity contribution >= 4 is 11.6 Å². The summed E-state index contributed by atoms with van der Waals surface area (Å²) in [6.07, 6.45) is 0.841. The molecule has 1 aliphatic heterocycles. The molecule has 0 spiro atoms. The summed E-state index contributed by atoms with van der Waals surface area (Å²) in [7, 11) is 0. The zero-order chi connectivity index (χ0) is 13.8. The highest BCUT2D eigenvalue weighted by molar-refractivity contribution is 6.32. The lowest BCUT2D eigenvalue weighted by atomic mass is 10.1. The molecule has 1 heterocycles. The first-order chi connectivity index (χ1) is 9.11. The van der Waals surface area contributed by atoms with Gasteiger partial charge in [0.1, 0.15) is 0 Å². The molecule has 0 saturated carbocycles. The van der Waals surface area contributed by atoms with Crippen molar-refractivity contribution in [3.63, 3.8) is 0 Å². The normalized spacial score (nSPS) is 16.3. The van der Waals surface area contributed by atoms with E-state index in [-0.39, 0.29) is 18.7 Å². The number of fused-ring (bicyclic) bond motifs is 1. The average Bonchev–Trinajstić information content (AvgIpc) is 2.61. The molecular formula is C14H20ClNO3. The van der Waals surface area contributed by atoms with E-state index in [4.69, 9.17) is 21.1 Å². The van der Waals surface area contributed by atoms with Crippen molar-refractivity contribution in [1.82, 2.24) is 5.32 Å². The Morgan fingerprint density at radius 1 is 1.32 bits per heavy atom. The minimum absolute atomic E-state index is 0.00809. The van der Waals surface area contributed by atoms with Gasteiger partial charge in [0.2, 0.25) is 0 Å². The highest BCUT2D eigenvalue weighted by atomic mass is 35.5. The largest absolute Gasteiger partial charge is 0.489 e. The fourth-order valence-electron chi connectivity index (χ4n) is 2.11. The summed E-state index contributed by atoms with van der Waals surface area (Å²) < 4.78 is 11.2. The molecule has 2 rings (SSSR count). The fraction of sp³-hybridized carbons (Fsp3) is 0.571. The smallest absolute Gasteiger partial charge is 0.179 e. The summed E-state index contributed by atoms with van der Waals surface area (Å²) >= 11 is 6.24. The molecule has 1 aromatic carbocycles. The maximum absolute atomic E-state index is 9.50. The van der Waals surface area contributed by atoms with E-state index in [0.29, 0.717) is 29.7 Å². The molecule has 5 heteroatoms. The van der Waals surface area contributed by atoms with Crippen molar-refractivity contribution < 1.29 is 14.6 Å². The zero-order valence-electron chi connectivity index (χ0n) is 11.3. The number of hydrogen-bond donors (Lipinski definition) is 2. The molecule has 1 unspecified atom stereocenters. The van der Waals surface area contributed by atoms with E-state index in [1.165, 1.54) is 0 Å². The van der Waals surface area contributed by atoms with Crippen molar-refractivity contribution in [2.45, 2.75) is 32.4 Å². The summed E-state index contributed by atoms with van der Waals surface area (Å²) in [6, 6.07) is 3.83. The van der Waals surface area contributed by atoms with Crippen LogP contribution in [0, 0.1) is 0 Å². The molecule has 1 aromatic rings. The van der Waals surface area contributed by atoms with Gasteiger partial charge in [0.05, 0.1) is 30.9 Å². The first kappa shape index (κ1) is 14.4. The number of aliphatic hydroxyl groups excluding tert-OH is 1. The second kappa shape index (κ2) is 6.46. The SMILES string of the molecule is CC(C)NC(CO)c1cc(Cl)c2c(c1)OCCCO2. The molecule has 0 aromatic heterocycles. The van der Waals surface area contributed by atoms with Crippen LogP contribution >= 0.6 is 11.6 Å². The van der Waals surface area contributed by atoms with Crippen LogP contribution in [-0.4, -0.2) is 31.0 Å². The number of aliphatic hydroxyl groups is 1. The first-order valence-electron chi connectivity index (χ1n) is 6.57. The van der Waals surface area contributed by atoms with Crippen LogP contribution in [0.4, 0.5) is 0 Å². The van der Waals surface area contributed by atoms with Crippen LogP contribution in [0.1, 0.15) is 31.9 Å². The lowest BCUT2D eigenvalue weighted by molar-refractivity contribution is 0.237. The molecule has 2 N–H and O–H groups in total. The van der Waals surface area contributed by atoms with E-state index in [1.807, 2.05) is 26.0 Å². The molecule has 0 radical (unpaired) electrons. The molecule has 1 atom stereocenters. The topological polar surface area (TPSA) is 50.7 Å². The molecule has 0 bridgehead atoms. The van der Waals surface area contributed by atoms with Crippen LogP contribution in [0.2, 0.25) is 5.02 Å². The number of ether oxygens (including phenoxy) is 2. The quantitative estimate of drug-likeness (QED) is 0.893. The lowest BCUT2D eigenvalue weighted by Gasteiger charge is -2.21. The molecule has 1 aliphatic rings. The Hall–Kier alpha value is -0.970. The Morgan fingerprint density at radius 2 is 2.05 bits per heavy atom. The van der Waals surface area contributed by atoms with Crippen LogP contribution in [0.15, 0.2) is 12.1 Å². The van der Waals surface area contributed by atoms with Gasteiger partial charge in [-0.15, -0.1) is 0 Å². The molecule has 106 valence electrons. The predicted molar refractivity (Wildman–Crippen MR) is 75.2 cm³/mol. The minimum atomic E-state index is -0.158. The molecular weight excluding hydrogens is 266 g/mol. The minimum Gasteiger partial charge on any atom is -0.489 e. The summed E-state index contributed by atoms with van der Waals surface area (Å²) in [5, 5.41) is 13.3. The number of nitrogens with one attached hydrogen (secondary N) is 1. The van der Waals surface area contributed by atoms with Gasteiger partial charge in [-0.05, 0) is 17.7 Å². The molecule has 0 aliphatic carbocycles. The molecule has 4 nitrogen and oxygen atoms in total. The van der Waals surface area contributed by atoms with Gasteiger partial charge in [0.25, 0.3) is 0 Å². The summed E-state index contributed by atoms with van der Waals surface area (Å²) in [5.74, 6) is 1.26. The number of halogens is 1. The first-order valence-corrected chi connectivity index (χ1v) is 6.95. The fourth-order valence-corrected chi connectivity index (χ4v) is 2.38. The van der Waals surface area contributed by atoms with Crippen molar-refractivity contribution in [3.05, 3.63) is 22.7 Å². The van der Waals surface area contributed by atoms with E-state index < -0.39 is 0 Å². The van der Waals surface area contributed by atoms with Crippen molar-refractivity contribution in [2.75, 3.05) is 19.8 Å². The number of hydrogen-bond acceptors (Lipinski definition) is 4.